The molecule has 0 amide bonds. The van der Waals surface area contributed by atoms with Gasteiger partial charge in [-0.05, 0) is 83.9 Å². The molecule has 2 nitrogen and oxygen atoms in total. The minimum absolute atomic E-state index is 0.167. The van der Waals surface area contributed by atoms with E-state index in [0.717, 1.165) is 12.3 Å². The van der Waals surface area contributed by atoms with Crippen molar-refractivity contribution < 1.29 is 4.79 Å². The molecule has 0 aromatic heterocycles. The smallest absolute Gasteiger partial charge is 0.126 e. The molecule has 2 heteroatoms. The zero-order chi connectivity index (χ0) is 25.4. The molecule has 1 saturated heterocycles. The maximum atomic E-state index is 9.44. The fourth-order valence-electron chi connectivity index (χ4n) is 3.51. The van der Waals surface area contributed by atoms with Crippen LogP contribution in [-0.4, -0.2) is 18.9 Å². The number of allylic oxidation sites excluding steroid dienone is 3. The number of hydrogen-bond acceptors (Lipinski definition) is 2. The fourth-order valence-corrected chi connectivity index (χ4v) is 3.51. The molecule has 0 radical (unpaired) electrons. The van der Waals surface area contributed by atoms with Crippen LogP contribution in [-0.2, 0) is 10.2 Å². The van der Waals surface area contributed by atoms with E-state index in [1.165, 1.54) is 51.8 Å². The van der Waals surface area contributed by atoms with Crippen LogP contribution in [0.5, 0.6) is 0 Å². The number of nitrogens with one attached hydrogen (secondary N) is 1. The molecule has 1 N–H and O–H groups in total. The van der Waals surface area contributed by atoms with Crippen LogP contribution in [0.1, 0.15) is 100 Å². The van der Waals surface area contributed by atoms with E-state index in [9.17, 15) is 4.79 Å². The van der Waals surface area contributed by atoms with Crippen LogP contribution in [0.15, 0.2) is 55.1 Å². The van der Waals surface area contributed by atoms with Gasteiger partial charge in [0.25, 0.3) is 0 Å². The van der Waals surface area contributed by atoms with Crippen LogP contribution in [0.2, 0.25) is 0 Å². The number of Topliss-reactive ketones (excluding diaryl/α,β-unsaturated/α-hetero) is 1. The molecule has 32 heavy (non-hydrogen) atoms. The maximum absolute atomic E-state index is 9.44. The number of ketones is 1. The Kier molecular flexibility index (Phi) is 26.2. The Labute approximate surface area is 202 Å². The van der Waals surface area contributed by atoms with Crippen LogP contribution >= 0.6 is 0 Å². The molecule has 1 atom stereocenters. The second-order valence-electron chi connectivity index (χ2n) is 8.55. The lowest BCUT2D eigenvalue weighted by atomic mass is 9.67. The van der Waals surface area contributed by atoms with E-state index in [-0.39, 0.29) is 5.78 Å². The number of piperidine rings is 1. The van der Waals surface area contributed by atoms with Crippen molar-refractivity contribution in [1.82, 2.24) is 5.32 Å². The van der Waals surface area contributed by atoms with E-state index in [4.69, 9.17) is 0 Å². The van der Waals surface area contributed by atoms with Gasteiger partial charge in [-0.3, -0.25) is 0 Å². The molecule has 0 spiro atoms. The van der Waals surface area contributed by atoms with Crippen molar-refractivity contribution in [2.75, 3.05) is 13.1 Å². The summed E-state index contributed by atoms with van der Waals surface area (Å²) >= 11 is 0. The number of carbonyl (C=O) groups excluding carboxylic acids is 1. The van der Waals surface area contributed by atoms with Crippen molar-refractivity contribution in [2.45, 2.75) is 100 Å². The summed E-state index contributed by atoms with van der Waals surface area (Å²) in [5.74, 6) is 1.80. The Morgan fingerprint density at radius 1 is 1.12 bits per heavy atom. The minimum Gasteiger partial charge on any atom is -0.317 e. The third-order valence-electron chi connectivity index (χ3n) is 5.43. The van der Waals surface area contributed by atoms with Crippen molar-refractivity contribution in [3.63, 3.8) is 0 Å². The Balaban J connectivity index is -0.000000432. The molecule has 1 heterocycles. The van der Waals surface area contributed by atoms with E-state index in [1.807, 2.05) is 20.8 Å². The first-order chi connectivity index (χ1) is 15.2. The van der Waals surface area contributed by atoms with E-state index >= 15 is 0 Å². The highest BCUT2D eigenvalue weighted by molar-refractivity contribution is 5.72. The molecule has 0 bridgehead atoms. The quantitative estimate of drug-likeness (QED) is 0.459. The fraction of sp³-hybridized carbons (Fsp3) is 0.633. The molecule has 1 unspecified atom stereocenters. The van der Waals surface area contributed by atoms with E-state index in [0.29, 0.717) is 11.3 Å². The van der Waals surface area contributed by atoms with Gasteiger partial charge in [0, 0.05) is 5.41 Å². The largest absolute Gasteiger partial charge is 0.317 e. The van der Waals surface area contributed by atoms with Gasteiger partial charge in [-0.1, -0.05) is 90.1 Å². The molecule has 1 aliphatic rings. The highest BCUT2D eigenvalue weighted by atomic mass is 16.1. The summed E-state index contributed by atoms with van der Waals surface area (Å²) < 4.78 is 0. The van der Waals surface area contributed by atoms with Crippen molar-refractivity contribution in [2.24, 2.45) is 11.8 Å². The molecule has 1 aromatic rings. The standard InChI is InChI=1S/C16H24.C6H13N.C3H6O.C3H6.C2H6/c1-5-7-13-16(6-2,14(3)4)15-11-9-8-10-12-15;1-6-2-4-7-5-3-6;1-3(2)4;1-3-2;1-2/h5,7-12,14H,6,13H2,1-4H3;6-7H,2-5H2,1H3;1-2H3;3H,1H2,2H3;1-2H3/b7-5-;;;;. The summed E-state index contributed by atoms with van der Waals surface area (Å²) in [6.45, 7) is 26.2. The van der Waals surface area contributed by atoms with Gasteiger partial charge in [-0.25, -0.2) is 0 Å². The average molecular weight is 446 g/mol. The lowest BCUT2D eigenvalue weighted by Crippen LogP contribution is -2.31. The third-order valence-corrected chi connectivity index (χ3v) is 5.43. The first-order valence-electron chi connectivity index (χ1n) is 12.6. The lowest BCUT2D eigenvalue weighted by molar-refractivity contribution is -0.114. The monoisotopic (exact) mass is 445 g/mol. The van der Waals surface area contributed by atoms with Crippen molar-refractivity contribution in [3.05, 3.63) is 60.7 Å². The minimum atomic E-state index is 0.167. The second-order valence-corrected chi connectivity index (χ2v) is 8.55. The van der Waals surface area contributed by atoms with Gasteiger partial charge in [0.2, 0.25) is 0 Å². The molecular formula is C30H55NO. The summed E-state index contributed by atoms with van der Waals surface area (Å²) in [5, 5.41) is 3.32. The highest BCUT2D eigenvalue weighted by Gasteiger charge is 2.32. The van der Waals surface area contributed by atoms with Crippen LogP contribution in [0.4, 0.5) is 0 Å². The zero-order valence-electron chi connectivity index (χ0n) is 23.1. The topological polar surface area (TPSA) is 29.1 Å². The second kappa shape index (κ2) is 24.0. The third kappa shape index (κ3) is 18.0. The van der Waals surface area contributed by atoms with Gasteiger partial charge < -0.3 is 10.1 Å². The molecular weight excluding hydrogens is 390 g/mol. The number of rotatable bonds is 5. The summed E-state index contributed by atoms with van der Waals surface area (Å²) in [6, 6.07) is 10.9. The maximum Gasteiger partial charge on any atom is 0.126 e. The normalized spacial score (nSPS) is 14.7. The Morgan fingerprint density at radius 3 is 1.84 bits per heavy atom. The van der Waals surface area contributed by atoms with E-state index < -0.39 is 0 Å². The molecule has 1 fully saturated rings. The van der Waals surface area contributed by atoms with Gasteiger partial charge in [-0.15, -0.1) is 6.58 Å². The molecule has 0 saturated carbocycles. The van der Waals surface area contributed by atoms with Gasteiger partial charge >= 0.3 is 0 Å². The highest BCUT2D eigenvalue weighted by Crippen LogP contribution is 2.39. The summed E-state index contributed by atoms with van der Waals surface area (Å²) in [7, 11) is 0. The lowest BCUT2D eigenvalue weighted by Gasteiger charge is -2.37. The molecule has 0 aliphatic carbocycles. The van der Waals surface area contributed by atoms with Gasteiger partial charge in [0.05, 0.1) is 0 Å². The molecule has 1 aliphatic heterocycles. The average Bonchev–Trinajstić information content (AvgIpc) is 2.78. The van der Waals surface area contributed by atoms with Crippen LogP contribution in [0, 0.1) is 11.8 Å². The van der Waals surface area contributed by atoms with Crippen LogP contribution in [0.25, 0.3) is 0 Å². The first-order valence-corrected chi connectivity index (χ1v) is 12.6. The number of carbonyl (C=O) groups is 1. The van der Waals surface area contributed by atoms with Crippen LogP contribution < -0.4 is 5.32 Å². The zero-order valence-corrected chi connectivity index (χ0v) is 23.1. The SMILES string of the molecule is C/C=C\CC(CC)(c1ccccc1)C(C)C.C=CC.CC.CC(C)=O.CC1CCNCC1. The van der Waals surface area contributed by atoms with Crippen molar-refractivity contribution >= 4 is 5.78 Å². The number of benzene rings is 1. The van der Waals surface area contributed by atoms with Crippen LogP contribution in [0.3, 0.4) is 0 Å². The van der Waals surface area contributed by atoms with Gasteiger partial charge in [0.15, 0.2) is 0 Å². The Hall–Kier alpha value is -1.67. The predicted octanol–water partition coefficient (Wildman–Crippen LogP) is 8.78. The van der Waals surface area contributed by atoms with Gasteiger partial charge in [-0.2, -0.15) is 0 Å². The summed E-state index contributed by atoms with van der Waals surface area (Å²) in [5.41, 5.74) is 1.78. The Morgan fingerprint density at radius 2 is 1.56 bits per heavy atom. The molecule has 186 valence electrons. The van der Waals surface area contributed by atoms with Crippen molar-refractivity contribution in [1.29, 1.82) is 0 Å². The van der Waals surface area contributed by atoms with E-state index in [1.54, 1.807) is 6.08 Å². The van der Waals surface area contributed by atoms with Crippen molar-refractivity contribution in [3.8, 4) is 0 Å². The van der Waals surface area contributed by atoms with E-state index in [2.05, 4.69) is 89.0 Å². The molecule has 1 aromatic carbocycles. The summed E-state index contributed by atoms with van der Waals surface area (Å²) in [4.78, 5) is 9.44. The summed E-state index contributed by atoms with van der Waals surface area (Å²) in [6.07, 6.45) is 11.3. The van der Waals surface area contributed by atoms with Gasteiger partial charge in [0.1, 0.15) is 5.78 Å². The predicted molar refractivity (Wildman–Crippen MR) is 148 cm³/mol. The Bertz CT molecular complexity index is 551. The number of hydrogen-bond donors (Lipinski definition) is 1. The molecule has 2 rings (SSSR count). The first kappa shape index (κ1) is 34.9.